The van der Waals surface area contributed by atoms with E-state index >= 15 is 0 Å². The molecule has 0 aliphatic carbocycles. The van der Waals surface area contributed by atoms with E-state index in [0.717, 1.165) is 5.56 Å². The lowest BCUT2D eigenvalue weighted by atomic mass is 10.1. The smallest absolute Gasteiger partial charge is 0.282 e. The summed E-state index contributed by atoms with van der Waals surface area (Å²) in [5.41, 5.74) is 0.951. The van der Waals surface area contributed by atoms with Crippen molar-refractivity contribution in [3.8, 4) is 0 Å². The Kier molecular flexibility index (Phi) is 5.00. The summed E-state index contributed by atoms with van der Waals surface area (Å²) in [5, 5.41) is 13.6. The van der Waals surface area contributed by atoms with Gasteiger partial charge in [0.2, 0.25) is 0 Å². The first kappa shape index (κ1) is 15.8. The summed E-state index contributed by atoms with van der Waals surface area (Å²) in [6.45, 7) is 0. The summed E-state index contributed by atoms with van der Waals surface area (Å²) in [4.78, 5) is 22.7. The van der Waals surface area contributed by atoms with E-state index in [0.29, 0.717) is 11.4 Å². The summed E-state index contributed by atoms with van der Waals surface area (Å²) in [7, 11) is -1.06. The van der Waals surface area contributed by atoms with Crippen LogP contribution in [-0.2, 0) is 16.6 Å². The van der Waals surface area contributed by atoms with Crippen molar-refractivity contribution in [2.75, 3.05) is 11.6 Å². The van der Waals surface area contributed by atoms with Crippen molar-refractivity contribution in [3.63, 3.8) is 0 Å². The van der Waals surface area contributed by atoms with Crippen molar-refractivity contribution in [1.82, 2.24) is 0 Å². The molecule has 114 valence electrons. The van der Waals surface area contributed by atoms with Crippen molar-refractivity contribution in [2.45, 2.75) is 5.75 Å². The van der Waals surface area contributed by atoms with Gasteiger partial charge in [0.15, 0.2) is 0 Å². The molecule has 2 aromatic carbocycles. The van der Waals surface area contributed by atoms with Gasteiger partial charge in [0.25, 0.3) is 11.6 Å². The van der Waals surface area contributed by atoms with Crippen LogP contribution in [0.25, 0.3) is 0 Å². The van der Waals surface area contributed by atoms with Gasteiger partial charge in [0.1, 0.15) is 5.56 Å². The van der Waals surface area contributed by atoms with Crippen molar-refractivity contribution in [3.05, 3.63) is 69.8 Å². The highest BCUT2D eigenvalue weighted by atomic mass is 32.2. The molecular formula is C15H14N2O4S. The van der Waals surface area contributed by atoms with Gasteiger partial charge >= 0.3 is 0 Å². The van der Waals surface area contributed by atoms with E-state index in [-0.39, 0.29) is 11.3 Å². The summed E-state index contributed by atoms with van der Waals surface area (Å²) >= 11 is 0. The minimum absolute atomic E-state index is 0.0140. The van der Waals surface area contributed by atoms with Gasteiger partial charge in [-0.1, -0.05) is 30.3 Å². The van der Waals surface area contributed by atoms with Crippen LogP contribution in [0.2, 0.25) is 0 Å². The Hall–Kier alpha value is -2.54. The third kappa shape index (κ3) is 3.76. The van der Waals surface area contributed by atoms with E-state index in [1.807, 2.05) is 0 Å². The number of carbonyl (C=O) groups is 1. The maximum atomic E-state index is 12.3. The molecule has 0 unspecified atom stereocenters. The Labute approximate surface area is 129 Å². The molecule has 1 atom stereocenters. The number of hydrogen-bond donors (Lipinski definition) is 1. The molecule has 0 bridgehead atoms. The fraction of sp³-hybridized carbons (Fsp3) is 0.133. The molecule has 0 aromatic heterocycles. The van der Waals surface area contributed by atoms with Crippen molar-refractivity contribution in [1.29, 1.82) is 0 Å². The van der Waals surface area contributed by atoms with Gasteiger partial charge < -0.3 is 5.32 Å². The van der Waals surface area contributed by atoms with E-state index in [4.69, 9.17) is 0 Å². The van der Waals surface area contributed by atoms with Crippen LogP contribution in [0.4, 0.5) is 11.4 Å². The first-order valence-electron chi connectivity index (χ1n) is 6.41. The highest BCUT2D eigenvalue weighted by Crippen LogP contribution is 2.21. The van der Waals surface area contributed by atoms with E-state index in [1.165, 1.54) is 18.2 Å². The van der Waals surface area contributed by atoms with Crippen LogP contribution in [0.5, 0.6) is 0 Å². The summed E-state index contributed by atoms with van der Waals surface area (Å²) in [5.74, 6) is -0.269. The van der Waals surface area contributed by atoms with E-state index in [1.54, 1.807) is 36.6 Å². The zero-order valence-electron chi connectivity index (χ0n) is 11.8. The Morgan fingerprint density at radius 3 is 2.50 bits per heavy atom. The zero-order valence-corrected chi connectivity index (χ0v) is 12.6. The van der Waals surface area contributed by atoms with Crippen LogP contribution in [0.15, 0.2) is 48.5 Å². The summed E-state index contributed by atoms with van der Waals surface area (Å²) in [6.07, 6.45) is 1.57. The number of carbonyl (C=O) groups excluding carboxylic acids is 1. The number of amides is 1. The minimum atomic E-state index is -1.06. The Bertz CT molecular complexity index is 746. The number of nitro groups is 1. The molecule has 0 radical (unpaired) electrons. The Balaban J connectivity index is 2.30. The van der Waals surface area contributed by atoms with E-state index in [2.05, 4.69) is 5.32 Å². The molecule has 2 aromatic rings. The SMILES string of the molecule is C[S@@](=O)Cc1ccccc1NC(=O)c1ccccc1[N+](=O)[O-]. The van der Waals surface area contributed by atoms with Gasteiger partial charge in [-0.25, -0.2) is 0 Å². The zero-order chi connectivity index (χ0) is 16.1. The van der Waals surface area contributed by atoms with Crippen molar-refractivity contribution >= 4 is 28.1 Å². The maximum absolute atomic E-state index is 12.3. The van der Waals surface area contributed by atoms with Gasteiger partial charge in [-0.2, -0.15) is 0 Å². The second kappa shape index (κ2) is 6.95. The van der Waals surface area contributed by atoms with Crippen molar-refractivity contribution in [2.24, 2.45) is 0 Å². The summed E-state index contributed by atoms with van der Waals surface area (Å²) in [6, 6.07) is 12.7. The lowest BCUT2D eigenvalue weighted by Crippen LogP contribution is -2.15. The van der Waals surface area contributed by atoms with E-state index < -0.39 is 21.6 Å². The molecule has 2 rings (SSSR count). The highest BCUT2D eigenvalue weighted by Gasteiger charge is 2.19. The molecule has 1 amide bonds. The Morgan fingerprint density at radius 2 is 1.82 bits per heavy atom. The van der Waals surface area contributed by atoms with E-state index in [9.17, 15) is 19.1 Å². The average Bonchev–Trinajstić information content (AvgIpc) is 2.48. The predicted octanol–water partition coefficient (Wildman–Crippen LogP) is 2.73. The number of rotatable bonds is 5. The average molecular weight is 318 g/mol. The third-order valence-electron chi connectivity index (χ3n) is 2.97. The quantitative estimate of drug-likeness (QED) is 0.678. The molecule has 0 fully saturated rings. The molecule has 1 N–H and O–H groups in total. The second-order valence-corrected chi connectivity index (χ2v) is 6.04. The largest absolute Gasteiger partial charge is 0.321 e. The number of para-hydroxylation sites is 2. The number of hydrogen-bond acceptors (Lipinski definition) is 4. The van der Waals surface area contributed by atoms with Crippen LogP contribution < -0.4 is 5.32 Å². The highest BCUT2D eigenvalue weighted by molar-refractivity contribution is 7.83. The molecule has 22 heavy (non-hydrogen) atoms. The lowest BCUT2D eigenvalue weighted by molar-refractivity contribution is -0.385. The number of benzene rings is 2. The molecule has 0 saturated carbocycles. The standard InChI is InChI=1S/C15H14N2O4S/c1-22(21)10-11-6-2-4-8-13(11)16-15(18)12-7-3-5-9-14(12)17(19)20/h2-9H,10H2,1H3,(H,16,18)/t22-/m1/s1. The lowest BCUT2D eigenvalue weighted by Gasteiger charge is -2.10. The fourth-order valence-corrected chi connectivity index (χ4v) is 2.69. The molecule has 0 spiro atoms. The van der Waals surface area contributed by atoms with Gasteiger partial charge in [-0.3, -0.25) is 19.1 Å². The van der Waals surface area contributed by atoms with Gasteiger partial charge in [0, 0.05) is 28.8 Å². The first-order chi connectivity index (χ1) is 10.5. The topological polar surface area (TPSA) is 89.3 Å². The summed E-state index contributed by atoms with van der Waals surface area (Å²) < 4.78 is 11.4. The monoisotopic (exact) mass is 318 g/mol. The predicted molar refractivity (Wildman–Crippen MR) is 85.3 cm³/mol. The van der Waals surface area contributed by atoms with Gasteiger partial charge in [0.05, 0.1) is 10.7 Å². The van der Waals surface area contributed by atoms with Crippen molar-refractivity contribution < 1.29 is 13.9 Å². The van der Waals surface area contributed by atoms with Crippen LogP contribution in [0.3, 0.4) is 0 Å². The fourth-order valence-electron chi connectivity index (χ4n) is 2.00. The number of nitrogens with one attached hydrogen (secondary N) is 1. The molecule has 0 aliphatic heterocycles. The Morgan fingerprint density at radius 1 is 1.18 bits per heavy atom. The molecule has 0 aliphatic rings. The maximum Gasteiger partial charge on any atom is 0.282 e. The number of anilines is 1. The molecule has 0 heterocycles. The normalized spacial score (nSPS) is 11.7. The number of nitrogens with zero attached hydrogens (tertiary/aromatic N) is 1. The molecule has 0 saturated heterocycles. The van der Waals surface area contributed by atoms with Gasteiger partial charge in [-0.15, -0.1) is 0 Å². The van der Waals surface area contributed by atoms with Crippen LogP contribution in [0.1, 0.15) is 15.9 Å². The molecular weight excluding hydrogens is 304 g/mol. The van der Waals surface area contributed by atoms with Crippen LogP contribution in [-0.4, -0.2) is 21.3 Å². The van der Waals surface area contributed by atoms with Gasteiger partial charge in [-0.05, 0) is 17.7 Å². The second-order valence-electron chi connectivity index (χ2n) is 4.60. The molecule has 7 heteroatoms. The van der Waals surface area contributed by atoms with Crippen LogP contribution in [0, 0.1) is 10.1 Å². The minimum Gasteiger partial charge on any atom is -0.321 e. The molecule has 6 nitrogen and oxygen atoms in total. The third-order valence-corrected chi connectivity index (χ3v) is 3.69. The first-order valence-corrected chi connectivity index (χ1v) is 8.14. The van der Waals surface area contributed by atoms with Crippen LogP contribution >= 0.6 is 0 Å². The number of nitro benzene ring substituents is 1.